The number of nitrogens with two attached hydrogens (primary N) is 1. The molecule has 0 saturated heterocycles. The van der Waals surface area contributed by atoms with E-state index in [1.165, 1.54) is 6.42 Å². The van der Waals surface area contributed by atoms with E-state index < -0.39 is 0 Å². The van der Waals surface area contributed by atoms with Gasteiger partial charge in [0.05, 0.1) is 6.61 Å². The second-order valence-electron chi connectivity index (χ2n) is 4.33. The number of nitrogens with one attached hydrogen (secondary N) is 1. The minimum atomic E-state index is -0.0667. The Labute approximate surface area is 101 Å². The quantitative estimate of drug-likeness (QED) is 0.783. The summed E-state index contributed by atoms with van der Waals surface area (Å²) in [4.78, 5) is 11.9. The zero-order chi connectivity index (χ0) is 12.3. The SMILES string of the molecule is CCOc1cc(N)cc(C(=O)NC2CCC2)c1. The van der Waals surface area contributed by atoms with Gasteiger partial charge in [0.15, 0.2) is 0 Å². The van der Waals surface area contributed by atoms with Gasteiger partial charge in [-0.1, -0.05) is 0 Å². The number of anilines is 1. The molecule has 1 aliphatic rings. The minimum absolute atomic E-state index is 0.0667. The third kappa shape index (κ3) is 2.90. The zero-order valence-electron chi connectivity index (χ0n) is 10.0. The molecule has 1 aromatic rings. The molecule has 1 amide bonds. The van der Waals surface area contributed by atoms with Crippen LogP contribution >= 0.6 is 0 Å². The molecule has 1 saturated carbocycles. The molecule has 4 nitrogen and oxygen atoms in total. The number of hydrogen-bond donors (Lipinski definition) is 2. The van der Waals surface area contributed by atoms with Crippen molar-refractivity contribution in [3.05, 3.63) is 23.8 Å². The van der Waals surface area contributed by atoms with Crippen LogP contribution in [0.15, 0.2) is 18.2 Å². The summed E-state index contributed by atoms with van der Waals surface area (Å²) >= 11 is 0. The molecular weight excluding hydrogens is 216 g/mol. The molecule has 17 heavy (non-hydrogen) atoms. The molecule has 0 bridgehead atoms. The van der Waals surface area contributed by atoms with Gasteiger partial charge in [0, 0.05) is 23.4 Å². The number of benzene rings is 1. The Bertz CT molecular complexity index is 414. The lowest BCUT2D eigenvalue weighted by molar-refractivity contribution is 0.0916. The molecule has 1 fully saturated rings. The summed E-state index contributed by atoms with van der Waals surface area (Å²) < 4.78 is 5.36. The van der Waals surface area contributed by atoms with E-state index in [1.807, 2.05) is 6.92 Å². The van der Waals surface area contributed by atoms with E-state index in [2.05, 4.69) is 5.32 Å². The summed E-state index contributed by atoms with van der Waals surface area (Å²) in [7, 11) is 0. The Morgan fingerprint density at radius 1 is 1.47 bits per heavy atom. The van der Waals surface area contributed by atoms with E-state index in [0.717, 1.165) is 12.8 Å². The van der Waals surface area contributed by atoms with Crippen LogP contribution in [-0.2, 0) is 0 Å². The molecule has 0 aliphatic heterocycles. The van der Waals surface area contributed by atoms with Crippen LogP contribution in [0.5, 0.6) is 5.75 Å². The summed E-state index contributed by atoms with van der Waals surface area (Å²) in [5, 5.41) is 2.98. The monoisotopic (exact) mass is 234 g/mol. The number of amides is 1. The van der Waals surface area contributed by atoms with Crippen molar-refractivity contribution >= 4 is 11.6 Å². The summed E-state index contributed by atoms with van der Waals surface area (Å²) in [6, 6.07) is 5.47. The normalized spacial score (nSPS) is 15.1. The second kappa shape index (κ2) is 5.08. The molecular formula is C13H18N2O2. The Hall–Kier alpha value is -1.71. The van der Waals surface area contributed by atoms with Crippen LogP contribution < -0.4 is 15.8 Å². The molecule has 0 spiro atoms. The lowest BCUT2D eigenvalue weighted by Crippen LogP contribution is -2.39. The molecule has 0 unspecified atom stereocenters. The molecule has 1 aromatic carbocycles. The average Bonchev–Trinajstić information content (AvgIpc) is 2.23. The summed E-state index contributed by atoms with van der Waals surface area (Å²) in [6.07, 6.45) is 3.35. The number of ether oxygens (including phenoxy) is 1. The third-order valence-corrected chi connectivity index (χ3v) is 2.94. The average molecular weight is 234 g/mol. The number of carbonyl (C=O) groups is 1. The van der Waals surface area contributed by atoms with Crippen LogP contribution in [0.4, 0.5) is 5.69 Å². The first-order chi connectivity index (χ1) is 8.19. The molecule has 1 aliphatic carbocycles. The fourth-order valence-corrected chi connectivity index (χ4v) is 1.82. The van der Waals surface area contributed by atoms with Crippen LogP contribution in [0.3, 0.4) is 0 Å². The highest BCUT2D eigenvalue weighted by Gasteiger charge is 2.20. The standard InChI is InChI=1S/C13H18N2O2/c1-2-17-12-7-9(6-10(14)8-12)13(16)15-11-4-3-5-11/h6-8,11H,2-5,14H2,1H3,(H,15,16). The van der Waals surface area contributed by atoms with Gasteiger partial charge in [0.25, 0.3) is 5.91 Å². The lowest BCUT2D eigenvalue weighted by atomic mass is 9.93. The molecule has 3 N–H and O–H groups in total. The second-order valence-corrected chi connectivity index (χ2v) is 4.33. The summed E-state index contributed by atoms with van der Waals surface area (Å²) in [5.41, 5.74) is 6.87. The molecule has 92 valence electrons. The highest BCUT2D eigenvalue weighted by atomic mass is 16.5. The van der Waals surface area contributed by atoms with Crippen LogP contribution in [0, 0.1) is 0 Å². The van der Waals surface area contributed by atoms with Gasteiger partial charge < -0.3 is 15.8 Å². The molecule has 2 rings (SSSR count). The van der Waals surface area contributed by atoms with Gasteiger partial charge in [-0.05, 0) is 38.3 Å². The van der Waals surface area contributed by atoms with Gasteiger partial charge in [0.2, 0.25) is 0 Å². The van der Waals surface area contributed by atoms with E-state index in [9.17, 15) is 4.79 Å². The summed E-state index contributed by atoms with van der Waals surface area (Å²) in [6.45, 7) is 2.46. The Kier molecular flexibility index (Phi) is 3.52. The van der Waals surface area contributed by atoms with Crippen molar-refractivity contribution in [3.63, 3.8) is 0 Å². The van der Waals surface area contributed by atoms with Crippen molar-refractivity contribution in [2.45, 2.75) is 32.2 Å². The smallest absolute Gasteiger partial charge is 0.251 e. The Morgan fingerprint density at radius 3 is 2.82 bits per heavy atom. The van der Waals surface area contributed by atoms with Crippen molar-refractivity contribution in [1.82, 2.24) is 5.32 Å². The Morgan fingerprint density at radius 2 is 2.24 bits per heavy atom. The predicted octanol–water partition coefficient (Wildman–Crippen LogP) is 1.95. The summed E-state index contributed by atoms with van der Waals surface area (Å²) in [5.74, 6) is 0.578. The first kappa shape index (κ1) is 11.8. The molecule has 0 atom stereocenters. The number of rotatable bonds is 4. The van der Waals surface area contributed by atoms with E-state index in [4.69, 9.17) is 10.5 Å². The maximum Gasteiger partial charge on any atom is 0.251 e. The third-order valence-electron chi connectivity index (χ3n) is 2.94. The van der Waals surface area contributed by atoms with Gasteiger partial charge in [-0.2, -0.15) is 0 Å². The molecule has 0 heterocycles. The van der Waals surface area contributed by atoms with Crippen molar-refractivity contribution in [1.29, 1.82) is 0 Å². The maximum absolute atomic E-state index is 11.9. The fourth-order valence-electron chi connectivity index (χ4n) is 1.82. The van der Waals surface area contributed by atoms with Crippen LogP contribution in [-0.4, -0.2) is 18.6 Å². The maximum atomic E-state index is 11.9. The lowest BCUT2D eigenvalue weighted by Gasteiger charge is -2.26. The van der Waals surface area contributed by atoms with Gasteiger partial charge >= 0.3 is 0 Å². The zero-order valence-corrected chi connectivity index (χ0v) is 10.0. The van der Waals surface area contributed by atoms with E-state index in [-0.39, 0.29) is 5.91 Å². The fraction of sp³-hybridized carbons (Fsp3) is 0.462. The molecule has 4 heteroatoms. The van der Waals surface area contributed by atoms with Gasteiger partial charge in [-0.15, -0.1) is 0 Å². The highest BCUT2D eigenvalue weighted by molar-refractivity contribution is 5.95. The number of nitrogen functional groups attached to an aromatic ring is 1. The van der Waals surface area contributed by atoms with Crippen molar-refractivity contribution < 1.29 is 9.53 Å². The van der Waals surface area contributed by atoms with Crippen molar-refractivity contribution in [2.24, 2.45) is 0 Å². The molecule has 0 radical (unpaired) electrons. The van der Waals surface area contributed by atoms with Gasteiger partial charge in [-0.3, -0.25) is 4.79 Å². The van der Waals surface area contributed by atoms with E-state index >= 15 is 0 Å². The topological polar surface area (TPSA) is 64.3 Å². The van der Waals surface area contributed by atoms with E-state index in [1.54, 1.807) is 18.2 Å². The first-order valence-electron chi connectivity index (χ1n) is 6.03. The highest BCUT2D eigenvalue weighted by Crippen LogP contribution is 2.21. The molecule has 0 aromatic heterocycles. The van der Waals surface area contributed by atoms with Crippen LogP contribution in [0.25, 0.3) is 0 Å². The predicted molar refractivity (Wildman–Crippen MR) is 67.1 cm³/mol. The van der Waals surface area contributed by atoms with Crippen LogP contribution in [0.1, 0.15) is 36.5 Å². The minimum Gasteiger partial charge on any atom is -0.494 e. The van der Waals surface area contributed by atoms with Crippen molar-refractivity contribution in [3.8, 4) is 5.75 Å². The van der Waals surface area contributed by atoms with E-state index in [0.29, 0.717) is 29.6 Å². The van der Waals surface area contributed by atoms with Gasteiger partial charge in [0.1, 0.15) is 5.75 Å². The number of hydrogen-bond acceptors (Lipinski definition) is 3. The van der Waals surface area contributed by atoms with Gasteiger partial charge in [-0.25, -0.2) is 0 Å². The number of carbonyl (C=O) groups excluding carboxylic acids is 1. The Balaban J connectivity index is 2.09. The first-order valence-corrected chi connectivity index (χ1v) is 6.03. The largest absolute Gasteiger partial charge is 0.494 e. The van der Waals surface area contributed by atoms with Crippen molar-refractivity contribution in [2.75, 3.05) is 12.3 Å². The van der Waals surface area contributed by atoms with Crippen LogP contribution in [0.2, 0.25) is 0 Å².